The van der Waals surface area contributed by atoms with Gasteiger partial charge < -0.3 is 15.5 Å². The van der Waals surface area contributed by atoms with Crippen LogP contribution >= 0.6 is 11.3 Å². The fourth-order valence-electron chi connectivity index (χ4n) is 4.17. The highest BCUT2D eigenvalue weighted by Gasteiger charge is 2.39. The first kappa shape index (κ1) is 21.2. The quantitative estimate of drug-likeness (QED) is 0.403. The summed E-state index contributed by atoms with van der Waals surface area (Å²) in [6.07, 6.45) is 5.34. The van der Waals surface area contributed by atoms with Crippen LogP contribution in [0.15, 0.2) is 54.9 Å². The maximum absolute atomic E-state index is 11.6. The summed E-state index contributed by atoms with van der Waals surface area (Å²) in [5.74, 6) is 0.267. The molecule has 0 saturated heterocycles. The van der Waals surface area contributed by atoms with Gasteiger partial charge in [0.15, 0.2) is 5.82 Å². The second-order valence-corrected chi connectivity index (χ2v) is 9.10. The van der Waals surface area contributed by atoms with Crippen LogP contribution in [-0.2, 0) is 12.0 Å². The van der Waals surface area contributed by atoms with Gasteiger partial charge in [-0.15, -0.1) is 16.4 Å². The molecule has 1 aromatic carbocycles. The van der Waals surface area contributed by atoms with Gasteiger partial charge in [-0.25, -0.2) is 14.8 Å². The number of aliphatic hydroxyl groups is 1. The van der Waals surface area contributed by atoms with Crippen LogP contribution in [0.4, 0.5) is 11.6 Å². The highest BCUT2D eigenvalue weighted by atomic mass is 32.1. The number of nitrogens with zero attached hydrogens (tertiary/aromatic N) is 4. The van der Waals surface area contributed by atoms with Gasteiger partial charge in [0.1, 0.15) is 16.4 Å². The lowest BCUT2D eigenvalue weighted by Crippen LogP contribution is -2.32. The molecule has 3 N–H and O–H groups in total. The number of hydrogen-bond donors (Lipinski definition) is 3. The predicted octanol–water partition coefficient (Wildman–Crippen LogP) is 4.32. The molecule has 0 saturated carbocycles. The Morgan fingerprint density at radius 1 is 1.18 bits per heavy atom. The molecule has 33 heavy (non-hydrogen) atoms. The van der Waals surface area contributed by atoms with Crippen LogP contribution in [-0.4, -0.2) is 36.3 Å². The Labute approximate surface area is 194 Å². The Hall–Kier alpha value is -3.69. The van der Waals surface area contributed by atoms with Crippen molar-refractivity contribution in [3.8, 4) is 10.6 Å². The molecule has 1 atom stereocenters. The van der Waals surface area contributed by atoms with Gasteiger partial charge in [0.05, 0.1) is 16.1 Å². The lowest BCUT2D eigenvalue weighted by atomic mass is 9.79. The van der Waals surface area contributed by atoms with Crippen LogP contribution in [0.5, 0.6) is 0 Å². The van der Waals surface area contributed by atoms with Gasteiger partial charge in [0.2, 0.25) is 0 Å². The molecule has 9 heteroatoms. The van der Waals surface area contributed by atoms with E-state index in [1.54, 1.807) is 36.7 Å². The minimum Gasteiger partial charge on any atom is -0.478 e. The Kier molecular flexibility index (Phi) is 5.35. The number of nitrogens with one attached hydrogen (secondary N) is 1. The fraction of sp³-hybridized carbons (Fsp3) is 0.208. The van der Waals surface area contributed by atoms with E-state index in [0.717, 1.165) is 40.1 Å². The van der Waals surface area contributed by atoms with Gasteiger partial charge in [0, 0.05) is 12.4 Å². The monoisotopic (exact) mass is 459 g/mol. The summed E-state index contributed by atoms with van der Waals surface area (Å²) in [6.45, 7) is 1.99. The number of pyridine rings is 1. The largest absolute Gasteiger partial charge is 0.478 e. The van der Waals surface area contributed by atoms with E-state index in [4.69, 9.17) is 4.98 Å². The lowest BCUT2D eigenvalue weighted by molar-refractivity contribution is 0.0607. The third-order valence-electron chi connectivity index (χ3n) is 5.69. The number of carbonyl (C=O) groups is 1. The van der Waals surface area contributed by atoms with E-state index in [0.29, 0.717) is 23.1 Å². The molecule has 4 aromatic rings. The van der Waals surface area contributed by atoms with E-state index in [1.807, 2.05) is 25.1 Å². The molecule has 0 spiro atoms. The molecule has 1 aliphatic rings. The molecule has 0 radical (unpaired) electrons. The molecule has 0 fully saturated rings. The van der Waals surface area contributed by atoms with Gasteiger partial charge in [0.25, 0.3) is 0 Å². The van der Waals surface area contributed by atoms with Crippen LogP contribution < -0.4 is 5.32 Å². The number of aromatic nitrogens is 4. The molecule has 166 valence electrons. The van der Waals surface area contributed by atoms with Crippen molar-refractivity contribution >= 4 is 28.9 Å². The molecular formula is C24H21N5O3S. The highest BCUT2D eigenvalue weighted by molar-refractivity contribution is 7.15. The number of thiazole rings is 1. The van der Waals surface area contributed by atoms with E-state index >= 15 is 0 Å². The van der Waals surface area contributed by atoms with Crippen molar-refractivity contribution in [1.29, 1.82) is 0 Å². The summed E-state index contributed by atoms with van der Waals surface area (Å²) in [4.78, 5) is 21.4. The Morgan fingerprint density at radius 2 is 2.06 bits per heavy atom. The average Bonchev–Trinajstić information content (AvgIpc) is 3.31. The second-order valence-electron chi connectivity index (χ2n) is 8.07. The molecule has 1 aliphatic carbocycles. The number of carboxylic acids is 1. The van der Waals surface area contributed by atoms with Crippen molar-refractivity contribution in [3.05, 3.63) is 82.1 Å². The number of rotatable bonds is 5. The van der Waals surface area contributed by atoms with Crippen molar-refractivity contribution < 1.29 is 15.0 Å². The van der Waals surface area contributed by atoms with Crippen molar-refractivity contribution in [1.82, 2.24) is 20.2 Å². The number of fused-ring (bicyclic) bond motifs is 1. The first-order valence-electron chi connectivity index (χ1n) is 10.5. The topological polar surface area (TPSA) is 121 Å². The third kappa shape index (κ3) is 4.08. The molecule has 0 aliphatic heterocycles. The number of aromatic carboxylic acids is 1. The Bertz CT molecular complexity index is 1340. The van der Waals surface area contributed by atoms with Crippen molar-refractivity contribution in [2.75, 3.05) is 5.32 Å². The van der Waals surface area contributed by atoms with E-state index in [9.17, 15) is 15.0 Å². The molecule has 3 aromatic heterocycles. The van der Waals surface area contributed by atoms with E-state index < -0.39 is 11.6 Å². The minimum absolute atomic E-state index is 0.227. The number of aryl methyl sites for hydroxylation is 2. The van der Waals surface area contributed by atoms with Crippen molar-refractivity contribution in [2.24, 2.45) is 0 Å². The maximum atomic E-state index is 11.6. The number of benzene rings is 1. The van der Waals surface area contributed by atoms with E-state index in [-0.39, 0.29) is 5.56 Å². The van der Waals surface area contributed by atoms with Gasteiger partial charge in [-0.2, -0.15) is 5.10 Å². The maximum Gasteiger partial charge on any atom is 0.335 e. The third-order valence-corrected chi connectivity index (χ3v) is 6.86. The van der Waals surface area contributed by atoms with Gasteiger partial charge in [-0.05, 0) is 79.3 Å². The SMILES string of the molecule is Cc1cc(Nc2cccnn2)nc(-c2cnc(C3(O)CCCc4cc(C(=O)O)ccc43)s2)c1. The normalized spacial score (nSPS) is 17.4. The summed E-state index contributed by atoms with van der Waals surface area (Å²) in [5, 5.41) is 32.6. The summed E-state index contributed by atoms with van der Waals surface area (Å²) in [7, 11) is 0. The fourth-order valence-corrected chi connectivity index (χ4v) is 5.18. The number of anilines is 2. The second kappa shape index (κ2) is 8.34. The van der Waals surface area contributed by atoms with Crippen molar-refractivity contribution in [3.63, 3.8) is 0 Å². The smallest absolute Gasteiger partial charge is 0.335 e. The zero-order valence-corrected chi connectivity index (χ0v) is 18.6. The summed E-state index contributed by atoms with van der Waals surface area (Å²) < 4.78 is 0. The van der Waals surface area contributed by atoms with Crippen LogP contribution in [0.3, 0.4) is 0 Å². The molecule has 0 amide bonds. The standard InChI is InChI=1S/C24H21N5O3S/c1-14-10-18(27-21(11-14)28-20-5-3-9-26-29-20)19-13-25-23(33-19)24(32)8-2-4-15-12-16(22(30)31)6-7-17(15)24/h3,5-7,9-13,32H,2,4,8H2,1H3,(H,30,31)(H,27,28,29). The Balaban J connectivity index is 1.49. The number of carboxylic acid groups (broad SMARTS) is 1. The molecule has 0 bridgehead atoms. The summed E-state index contributed by atoms with van der Waals surface area (Å²) in [6, 6.07) is 12.4. The number of hydrogen-bond acceptors (Lipinski definition) is 8. The van der Waals surface area contributed by atoms with Crippen molar-refractivity contribution in [2.45, 2.75) is 31.8 Å². The minimum atomic E-state index is -1.25. The highest BCUT2D eigenvalue weighted by Crippen LogP contribution is 2.43. The first-order valence-corrected chi connectivity index (χ1v) is 11.3. The van der Waals surface area contributed by atoms with E-state index in [2.05, 4.69) is 20.5 Å². The van der Waals surface area contributed by atoms with Crippen LogP contribution in [0, 0.1) is 6.92 Å². The molecule has 1 unspecified atom stereocenters. The molecule has 5 rings (SSSR count). The Morgan fingerprint density at radius 3 is 2.85 bits per heavy atom. The van der Waals surface area contributed by atoms with E-state index in [1.165, 1.54) is 11.3 Å². The van der Waals surface area contributed by atoms with Crippen LogP contribution in [0.1, 0.15) is 44.9 Å². The lowest BCUT2D eigenvalue weighted by Gasteiger charge is -2.33. The van der Waals surface area contributed by atoms with Crippen LogP contribution in [0.25, 0.3) is 10.6 Å². The zero-order valence-electron chi connectivity index (χ0n) is 17.8. The molecule has 8 nitrogen and oxygen atoms in total. The van der Waals surface area contributed by atoms with Crippen LogP contribution in [0.2, 0.25) is 0 Å². The zero-order chi connectivity index (χ0) is 23.0. The first-order chi connectivity index (χ1) is 15.9. The molecular weight excluding hydrogens is 438 g/mol. The predicted molar refractivity (Wildman–Crippen MR) is 125 cm³/mol. The van der Waals surface area contributed by atoms with Gasteiger partial charge in [-0.3, -0.25) is 0 Å². The van der Waals surface area contributed by atoms with Gasteiger partial charge in [-0.1, -0.05) is 6.07 Å². The molecule has 3 heterocycles. The summed E-state index contributed by atoms with van der Waals surface area (Å²) >= 11 is 1.39. The summed E-state index contributed by atoms with van der Waals surface area (Å²) in [5.41, 5.74) is 2.31. The van der Waals surface area contributed by atoms with Gasteiger partial charge >= 0.3 is 5.97 Å². The average molecular weight is 460 g/mol.